The highest BCUT2D eigenvalue weighted by Gasteiger charge is 2.21. The number of rotatable bonds is 2. The maximum Gasteiger partial charge on any atom is 0.195 e. The molecule has 8 aromatic rings. The molecule has 0 bridgehead atoms. The van der Waals surface area contributed by atoms with Crippen molar-refractivity contribution in [3.63, 3.8) is 0 Å². The van der Waals surface area contributed by atoms with Crippen LogP contribution in [-0.4, -0.2) is 14.1 Å². The average molecular weight is 440 g/mol. The molecule has 3 aromatic heterocycles. The molecule has 0 aliphatic carbocycles. The molecule has 0 unspecified atom stereocenters. The Morgan fingerprint density at radius 3 is 2.45 bits per heavy atom. The molecule has 0 saturated carbocycles. The standard InChI is InChI=1S/C29H17N3S/c1-2-8-20(9-3-1)31-16-15-19-17-24-27-21(28(19)31)14-13-18-7-6-11-23(26(18)27)32(24)29-30-22-10-4-5-12-25(22)33-29/h1-17H. The summed E-state index contributed by atoms with van der Waals surface area (Å²) in [6, 6.07) is 34.7. The Kier molecular flexibility index (Phi) is 3.28. The third-order valence-corrected chi connectivity index (χ3v) is 7.76. The summed E-state index contributed by atoms with van der Waals surface area (Å²) in [5.74, 6) is 0. The Morgan fingerprint density at radius 1 is 0.667 bits per heavy atom. The third-order valence-electron chi connectivity index (χ3n) is 6.73. The lowest BCUT2D eigenvalue weighted by Gasteiger charge is -2.09. The van der Waals surface area contributed by atoms with E-state index in [-0.39, 0.29) is 0 Å². The van der Waals surface area contributed by atoms with Gasteiger partial charge in [0.1, 0.15) is 0 Å². The van der Waals surface area contributed by atoms with E-state index in [4.69, 9.17) is 4.98 Å². The first-order valence-electron chi connectivity index (χ1n) is 11.1. The second-order valence-corrected chi connectivity index (χ2v) is 9.53. The van der Waals surface area contributed by atoms with E-state index in [1.807, 2.05) is 0 Å². The minimum absolute atomic E-state index is 1.02. The highest BCUT2D eigenvalue weighted by atomic mass is 32.1. The fourth-order valence-electron chi connectivity index (χ4n) is 5.35. The molecule has 5 aromatic carbocycles. The normalized spacial score (nSPS) is 12.2. The lowest BCUT2D eigenvalue weighted by Crippen LogP contribution is -1.94. The van der Waals surface area contributed by atoms with E-state index < -0.39 is 0 Å². The van der Waals surface area contributed by atoms with Gasteiger partial charge < -0.3 is 4.57 Å². The summed E-state index contributed by atoms with van der Waals surface area (Å²) in [5, 5.41) is 7.42. The fourth-order valence-corrected chi connectivity index (χ4v) is 6.34. The number of thiazole rings is 1. The Bertz CT molecular complexity index is 1940. The summed E-state index contributed by atoms with van der Waals surface area (Å²) >= 11 is 1.75. The van der Waals surface area contributed by atoms with Gasteiger partial charge in [0, 0.05) is 33.4 Å². The monoisotopic (exact) mass is 439 g/mol. The molecule has 0 saturated heterocycles. The zero-order valence-corrected chi connectivity index (χ0v) is 18.4. The lowest BCUT2D eigenvalue weighted by atomic mass is 10.0. The third kappa shape index (κ3) is 2.25. The van der Waals surface area contributed by atoms with Crippen molar-refractivity contribution in [3.8, 4) is 10.8 Å². The van der Waals surface area contributed by atoms with Gasteiger partial charge in [-0.1, -0.05) is 65.9 Å². The van der Waals surface area contributed by atoms with Crippen molar-refractivity contribution in [2.24, 2.45) is 0 Å². The van der Waals surface area contributed by atoms with Crippen LogP contribution in [0, 0.1) is 0 Å². The first-order chi connectivity index (χ1) is 16.4. The van der Waals surface area contributed by atoms with Crippen molar-refractivity contribution in [3.05, 3.63) is 103 Å². The van der Waals surface area contributed by atoms with Crippen LogP contribution in [0.15, 0.2) is 103 Å². The molecular weight excluding hydrogens is 422 g/mol. The van der Waals surface area contributed by atoms with Gasteiger partial charge in [0.15, 0.2) is 5.13 Å². The Labute approximate surface area is 193 Å². The van der Waals surface area contributed by atoms with Crippen molar-refractivity contribution in [1.82, 2.24) is 14.1 Å². The van der Waals surface area contributed by atoms with Crippen LogP contribution in [0.2, 0.25) is 0 Å². The van der Waals surface area contributed by atoms with E-state index in [0.717, 1.165) is 10.6 Å². The van der Waals surface area contributed by atoms with Gasteiger partial charge in [0.2, 0.25) is 0 Å². The number of aromatic nitrogens is 3. The van der Waals surface area contributed by atoms with E-state index in [1.165, 1.54) is 53.9 Å². The molecule has 0 amide bonds. The molecule has 0 radical (unpaired) electrons. The van der Waals surface area contributed by atoms with Crippen LogP contribution in [0.25, 0.3) is 64.5 Å². The van der Waals surface area contributed by atoms with Crippen LogP contribution in [0.4, 0.5) is 0 Å². The van der Waals surface area contributed by atoms with E-state index in [2.05, 4.69) is 112 Å². The highest BCUT2D eigenvalue weighted by Crippen LogP contribution is 2.43. The summed E-state index contributed by atoms with van der Waals surface area (Å²) in [6.07, 6.45) is 2.18. The minimum atomic E-state index is 1.02. The lowest BCUT2D eigenvalue weighted by molar-refractivity contribution is 1.13. The van der Waals surface area contributed by atoms with Gasteiger partial charge in [0.05, 0.1) is 26.8 Å². The van der Waals surface area contributed by atoms with Gasteiger partial charge in [-0.15, -0.1) is 0 Å². The zero-order valence-electron chi connectivity index (χ0n) is 17.6. The zero-order chi connectivity index (χ0) is 21.5. The molecule has 3 nitrogen and oxygen atoms in total. The maximum absolute atomic E-state index is 5.02. The number of para-hydroxylation sites is 2. The van der Waals surface area contributed by atoms with Gasteiger partial charge in [-0.2, -0.15) is 0 Å². The molecule has 0 N–H and O–H groups in total. The van der Waals surface area contributed by atoms with Crippen molar-refractivity contribution in [2.75, 3.05) is 0 Å². The maximum atomic E-state index is 5.02. The predicted molar refractivity (Wildman–Crippen MR) is 139 cm³/mol. The van der Waals surface area contributed by atoms with Crippen molar-refractivity contribution >= 4 is 65.0 Å². The second-order valence-electron chi connectivity index (χ2n) is 8.52. The largest absolute Gasteiger partial charge is 0.316 e. The molecule has 3 heterocycles. The van der Waals surface area contributed by atoms with E-state index in [0.29, 0.717) is 0 Å². The van der Waals surface area contributed by atoms with Crippen molar-refractivity contribution < 1.29 is 0 Å². The molecule has 33 heavy (non-hydrogen) atoms. The van der Waals surface area contributed by atoms with Crippen LogP contribution in [0.1, 0.15) is 0 Å². The number of hydrogen-bond acceptors (Lipinski definition) is 2. The van der Waals surface area contributed by atoms with Crippen molar-refractivity contribution in [2.45, 2.75) is 0 Å². The molecular formula is C29H17N3S. The summed E-state index contributed by atoms with van der Waals surface area (Å²) in [7, 11) is 0. The van der Waals surface area contributed by atoms with Gasteiger partial charge in [-0.3, -0.25) is 4.57 Å². The minimum Gasteiger partial charge on any atom is -0.316 e. The molecule has 0 aliphatic rings. The first kappa shape index (κ1) is 17.4. The Hall–Kier alpha value is -4.15. The molecule has 0 spiro atoms. The Balaban J connectivity index is 1.57. The molecule has 8 rings (SSSR count). The number of benzene rings is 5. The van der Waals surface area contributed by atoms with Crippen LogP contribution < -0.4 is 0 Å². The molecule has 0 fully saturated rings. The predicted octanol–water partition coefficient (Wildman–Crippen LogP) is 7.93. The Morgan fingerprint density at radius 2 is 1.55 bits per heavy atom. The topological polar surface area (TPSA) is 22.8 Å². The fraction of sp³-hybridized carbons (Fsp3) is 0. The summed E-state index contributed by atoms with van der Waals surface area (Å²) in [6.45, 7) is 0. The number of nitrogens with zero attached hydrogens (tertiary/aromatic N) is 3. The first-order valence-corrected chi connectivity index (χ1v) is 11.9. The molecule has 0 aliphatic heterocycles. The van der Waals surface area contributed by atoms with E-state index >= 15 is 0 Å². The number of fused-ring (bicyclic) bond motifs is 3. The summed E-state index contributed by atoms with van der Waals surface area (Å²) in [5.41, 5.74) is 5.91. The SMILES string of the molecule is c1ccc(-n2ccc3cc4c5c(ccc6cccc(c65)n4-c4nc5ccccc5s4)c32)cc1. The summed E-state index contributed by atoms with van der Waals surface area (Å²) in [4.78, 5) is 5.02. The molecule has 0 atom stereocenters. The van der Waals surface area contributed by atoms with Gasteiger partial charge >= 0.3 is 0 Å². The quantitative estimate of drug-likeness (QED) is 0.251. The van der Waals surface area contributed by atoms with Gasteiger partial charge in [0.25, 0.3) is 0 Å². The van der Waals surface area contributed by atoms with Crippen molar-refractivity contribution in [1.29, 1.82) is 0 Å². The molecule has 4 heteroatoms. The van der Waals surface area contributed by atoms with Crippen LogP contribution in [0.3, 0.4) is 0 Å². The van der Waals surface area contributed by atoms with E-state index in [1.54, 1.807) is 11.3 Å². The van der Waals surface area contributed by atoms with Crippen LogP contribution in [-0.2, 0) is 0 Å². The van der Waals surface area contributed by atoms with E-state index in [9.17, 15) is 0 Å². The van der Waals surface area contributed by atoms with Crippen LogP contribution >= 0.6 is 11.3 Å². The smallest absolute Gasteiger partial charge is 0.195 e. The molecule has 154 valence electrons. The highest BCUT2D eigenvalue weighted by molar-refractivity contribution is 7.20. The summed E-state index contributed by atoms with van der Waals surface area (Å²) < 4.78 is 5.88. The average Bonchev–Trinajstić information content (AvgIpc) is 3.56. The second kappa shape index (κ2) is 6.21. The van der Waals surface area contributed by atoms with Gasteiger partial charge in [-0.25, -0.2) is 4.98 Å². The number of hydrogen-bond donors (Lipinski definition) is 0. The van der Waals surface area contributed by atoms with Gasteiger partial charge in [-0.05, 0) is 47.9 Å². The van der Waals surface area contributed by atoms with Crippen LogP contribution in [0.5, 0.6) is 0 Å².